The van der Waals surface area contributed by atoms with E-state index in [1.54, 1.807) is 50.2 Å². The third kappa shape index (κ3) is 32.0. The average Bonchev–Trinajstić information content (AvgIpc) is 1.55. The average molecular weight is 1490 g/mol. The number of aliphatic hydroxyl groups excluding tert-OH is 1. The summed E-state index contributed by atoms with van der Waals surface area (Å²) in [4.78, 5) is 4.06. The Morgan fingerprint density at radius 2 is 1.07 bits per heavy atom. The molecule has 0 radical (unpaired) electrons. The van der Waals surface area contributed by atoms with Gasteiger partial charge in [-0.25, -0.2) is 22.8 Å². The molecule has 7 atom stereocenters. The fourth-order valence-electron chi connectivity index (χ4n) is 13.1. The fourth-order valence-corrected chi connectivity index (χ4v) is 14.6. The first kappa shape index (κ1) is 87.2. The predicted octanol–water partition coefficient (Wildman–Crippen LogP) is 20.3. The van der Waals surface area contributed by atoms with Crippen LogP contribution in [0.1, 0.15) is 274 Å². The van der Waals surface area contributed by atoms with Crippen LogP contribution in [-0.4, -0.2) is 102 Å². The summed E-state index contributed by atoms with van der Waals surface area (Å²) in [6, 6.07) is 24.0. The number of ether oxygens (including phenoxy) is 7. The summed E-state index contributed by atoms with van der Waals surface area (Å²) in [6.45, 7) is 8.51. The first-order valence-electron chi connectivity index (χ1n) is 38.8. The van der Waals surface area contributed by atoms with E-state index in [0.717, 1.165) is 31.7 Å². The minimum Gasteiger partial charge on any atom is -0.402 e. The molecule has 19 nitrogen and oxygen atoms in total. The summed E-state index contributed by atoms with van der Waals surface area (Å²) in [5.41, 5.74) is 6.51. The Hall–Kier alpha value is -5.67. The molecule has 1 unspecified atom stereocenters. The van der Waals surface area contributed by atoms with Crippen LogP contribution in [0.15, 0.2) is 79.1 Å². The van der Waals surface area contributed by atoms with Gasteiger partial charge in [-0.1, -0.05) is 243 Å². The molecule has 2 aromatic heterocycles. The molecule has 7 rings (SSSR count). The topological polar surface area (TPSA) is 257 Å². The molecule has 0 bridgehead atoms. The Balaban J connectivity index is 0.000000408. The van der Waals surface area contributed by atoms with Gasteiger partial charge >= 0.3 is 7.82 Å². The lowest BCUT2D eigenvalue weighted by atomic mass is 9.92. The summed E-state index contributed by atoms with van der Waals surface area (Å²) in [6.07, 6.45) is 41.6. The second-order valence-corrected chi connectivity index (χ2v) is 30.2. The van der Waals surface area contributed by atoms with Crippen LogP contribution in [0.3, 0.4) is 0 Å². The number of hydrogen-bond acceptors (Lipinski definition) is 18. The molecule has 23 heteroatoms. The van der Waals surface area contributed by atoms with E-state index in [2.05, 4.69) is 30.0 Å². The number of fused-ring (bicyclic) bond motifs is 2. The van der Waals surface area contributed by atoms with Crippen LogP contribution in [0.4, 0.5) is 14.6 Å². The Morgan fingerprint density at radius 1 is 0.606 bits per heavy atom. The maximum atomic E-state index is 14.8. The predicted molar refractivity (Wildman–Crippen MR) is 401 cm³/mol. The smallest absolute Gasteiger partial charge is 0.402 e. The fraction of sp³-hybridized carbons (Fsp3) is 0.667. The Bertz CT molecular complexity index is 3390. The number of aromatic nitrogens is 3. The molecule has 2 saturated heterocycles. The van der Waals surface area contributed by atoms with Crippen molar-refractivity contribution in [2.45, 2.75) is 301 Å². The van der Waals surface area contributed by atoms with Crippen molar-refractivity contribution in [3.05, 3.63) is 124 Å². The van der Waals surface area contributed by atoms with Crippen molar-refractivity contribution in [2.75, 3.05) is 52.0 Å². The molecule has 3 aromatic carbocycles. The SMILES string of the molecule is CCCCCCCCCCCCCCCCCCCOC[C@H](CO)OCc1cc(F)cc(C#N)c1.CCCCCCCCCCCCCCCCCCCOC[C@H](COP(=O)(OC[C@H]1O[C@@](C#N)(c2ccc3c(N)ncnn23)[C@@H]2OC(C)(C)O[C@@H]21)Oc1ccccc1Cl)OCc1cc(F)cc(C#N)c1. The van der Waals surface area contributed by atoms with Gasteiger partial charge < -0.3 is 48.5 Å². The maximum Gasteiger partial charge on any atom is 0.530 e. The van der Waals surface area contributed by atoms with E-state index < -0.39 is 68.0 Å². The van der Waals surface area contributed by atoms with Crippen molar-refractivity contribution in [1.29, 1.82) is 15.8 Å². The second-order valence-electron chi connectivity index (χ2n) is 28.2. The number of hydrogen-bond donors (Lipinski definition) is 2. The number of anilines is 1. The lowest BCUT2D eigenvalue weighted by molar-refractivity contribution is -0.204. The Kier molecular flexibility index (Phi) is 42.0. The van der Waals surface area contributed by atoms with Crippen molar-refractivity contribution in [3.63, 3.8) is 0 Å². The van der Waals surface area contributed by atoms with Gasteiger partial charge in [0.1, 0.15) is 65.8 Å². The number of aliphatic hydroxyl groups is 1. The van der Waals surface area contributed by atoms with Gasteiger partial charge in [0.15, 0.2) is 11.6 Å². The Morgan fingerprint density at radius 3 is 1.53 bits per heavy atom. The van der Waals surface area contributed by atoms with E-state index >= 15 is 0 Å². The van der Waals surface area contributed by atoms with Gasteiger partial charge in [0.2, 0.25) is 5.60 Å². The van der Waals surface area contributed by atoms with Crippen molar-refractivity contribution in [3.8, 4) is 24.0 Å². The van der Waals surface area contributed by atoms with Crippen LogP contribution in [0.5, 0.6) is 5.75 Å². The molecule has 5 aromatic rings. The van der Waals surface area contributed by atoms with E-state index in [1.165, 1.54) is 234 Å². The number of para-hydroxylation sites is 1. The molecule has 2 aliphatic heterocycles. The van der Waals surface area contributed by atoms with Crippen molar-refractivity contribution in [1.82, 2.24) is 14.6 Å². The molecule has 0 amide bonds. The number of rotatable bonds is 56. The number of halogens is 3. The van der Waals surface area contributed by atoms with Crippen molar-refractivity contribution >= 4 is 30.8 Å². The zero-order valence-electron chi connectivity index (χ0n) is 62.6. The minimum atomic E-state index is -4.62. The highest BCUT2D eigenvalue weighted by molar-refractivity contribution is 7.49. The summed E-state index contributed by atoms with van der Waals surface area (Å²) in [5, 5.41) is 43.1. The lowest BCUT2D eigenvalue weighted by Gasteiger charge is -2.29. The maximum absolute atomic E-state index is 14.8. The van der Waals surface area contributed by atoms with Crippen LogP contribution in [0.25, 0.3) is 5.52 Å². The van der Waals surface area contributed by atoms with Crippen LogP contribution < -0.4 is 10.3 Å². The monoisotopic (exact) mass is 1490 g/mol. The van der Waals surface area contributed by atoms with E-state index in [-0.39, 0.29) is 60.8 Å². The van der Waals surface area contributed by atoms with Crippen molar-refractivity contribution in [2.24, 2.45) is 0 Å². The minimum absolute atomic E-state index is 0.0221. The van der Waals surface area contributed by atoms with Gasteiger partial charge in [-0.3, -0.25) is 9.05 Å². The standard InChI is InChI=1S/C51H69ClFN6O9P.C30H50FNO3/c1-4-5-6-7-8-9-10-11-12-13-14-15-16-17-18-19-22-27-61-33-41(62-32-39-28-38(31-54)29-40(53)30-39)34-63-69(60,68-44-24-21-20-23-42(44)52)64-35-45-47-48(67-50(2,3)66-47)51(36-55,65-45)46-26-25-43-49(56)57-37-58-59(43)46;1-2-3-4-5-6-7-8-9-10-11-12-13-14-15-16-17-18-19-34-26-30(24-33)35-25-28-20-27(23-32)21-29(31)22-28/h20-21,23-26,28-30,37,41,45,47-48H,4-19,22,27,32-35H2,1-3H3,(H2,56,57,58);20-22,30,33H,2-19,24-26H2,1H3/t41-,45-,47-,48-,51+,69?;30-/m10/s1. The van der Waals surface area contributed by atoms with Crippen LogP contribution in [-0.2, 0) is 65.6 Å². The zero-order chi connectivity index (χ0) is 74.5. The van der Waals surface area contributed by atoms with Gasteiger partial charge in [-0.2, -0.15) is 20.9 Å². The van der Waals surface area contributed by atoms with Gasteiger partial charge in [-0.15, -0.1) is 0 Å². The van der Waals surface area contributed by atoms with Gasteiger partial charge in [-0.05, 0) is 98.5 Å². The first-order chi connectivity index (χ1) is 50.6. The molecule has 3 N–H and O–H groups in total. The third-order valence-corrected chi connectivity index (χ3v) is 20.5. The first-order valence-corrected chi connectivity index (χ1v) is 40.7. The number of phosphoric acid groups is 1. The quantitative estimate of drug-likeness (QED) is 0.0271. The molecular weight excluding hydrogens is 1370 g/mol. The van der Waals surface area contributed by atoms with Gasteiger partial charge in [0.25, 0.3) is 0 Å². The summed E-state index contributed by atoms with van der Waals surface area (Å²) in [5.74, 6) is -1.96. The largest absolute Gasteiger partial charge is 0.530 e. The lowest BCUT2D eigenvalue weighted by Crippen LogP contribution is -2.40. The molecule has 2 fully saturated rings. The second kappa shape index (κ2) is 50.1. The summed E-state index contributed by atoms with van der Waals surface area (Å²) < 4.78 is 105. The Labute approximate surface area is 624 Å². The van der Waals surface area contributed by atoms with Crippen LogP contribution in [0, 0.1) is 45.6 Å². The number of nitrogens with two attached hydrogens (primary N) is 1. The highest BCUT2D eigenvalue weighted by atomic mass is 35.5. The highest BCUT2D eigenvalue weighted by Crippen LogP contribution is 2.54. The van der Waals surface area contributed by atoms with Crippen LogP contribution >= 0.6 is 19.4 Å². The van der Waals surface area contributed by atoms with E-state index in [4.69, 9.17) is 69.3 Å². The molecule has 104 heavy (non-hydrogen) atoms. The zero-order valence-corrected chi connectivity index (χ0v) is 64.2. The summed E-state index contributed by atoms with van der Waals surface area (Å²) in [7, 11) is -4.62. The van der Waals surface area contributed by atoms with Crippen molar-refractivity contribution < 1.29 is 65.2 Å². The van der Waals surface area contributed by atoms with E-state index in [9.17, 15) is 29.0 Å². The number of benzene rings is 3. The molecule has 0 spiro atoms. The molecular formula is C81H119ClF2N7O12P. The number of nitrogen functional groups attached to an aromatic ring is 1. The van der Waals surface area contributed by atoms with Crippen LogP contribution in [0.2, 0.25) is 5.02 Å². The van der Waals surface area contributed by atoms with Gasteiger partial charge in [0, 0.05) is 13.2 Å². The third-order valence-electron chi connectivity index (χ3n) is 18.9. The van der Waals surface area contributed by atoms with E-state index in [1.807, 2.05) is 12.1 Å². The molecule has 4 heterocycles. The highest BCUT2D eigenvalue weighted by Gasteiger charge is 2.65. The molecule has 0 aliphatic carbocycles. The summed E-state index contributed by atoms with van der Waals surface area (Å²) >= 11 is 6.47. The molecule has 0 saturated carbocycles. The van der Waals surface area contributed by atoms with Gasteiger partial charge in [0.05, 0.1) is 80.2 Å². The van der Waals surface area contributed by atoms with E-state index in [0.29, 0.717) is 42.2 Å². The number of nitriles is 3. The number of unbranched alkanes of at least 4 members (excludes halogenated alkanes) is 32. The number of phosphoric ester groups is 1. The normalized spacial score (nSPS) is 17.9. The number of nitrogens with zero attached hydrogens (tertiary/aromatic N) is 6. The molecule has 2 aliphatic rings. The molecule has 576 valence electrons.